The van der Waals surface area contributed by atoms with Gasteiger partial charge in [-0.1, -0.05) is 6.92 Å². The van der Waals surface area contributed by atoms with E-state index in [2.05, 4.69) is 0 Å². The van der Waals surface area contributed by atoms with E-state index in [9.17, 15) is 13.2 Å². The van der Waals surface area contributed by atoms with Crippen molar-refractivity contribution in [1.29, 1.82) is 0 Å². The zero-order valence-electron chi connectivity index (χ0n) is 7.90. The molecule has 0 aromatic heterocycles. The van der Waals surface area contributed by atoms with E-state index in [4.69, 9.17) is 9.29 Å². The van der Waals surface area contributed by atoms with E-state index in [0.717, 1.165) is 0 Å². The summed E-state index contributed by atoms with van der Waals surface area (Å²) < 4.78 is 33.7. The molecule has 0 unspecified atom stereocenters. The molecular formula is C7H14O5S. The third-order valence-corrected chi connectivity index (χ3v) is 2.14. The third kappa shape index (κ3) is 6.53. The molecule has 0 radical (unpaired) electrons. The molecule has 6 heteroatoms. The molecule has 13 heavy (non-hydrogen) atoms. The molecule has 1 N–H and O–H groups in total. The Balaban J connectivity index is 4.19. The standard InChI is InChI=1S/C7H14O5S/c1-4-7(2,3)12-6(8)5-13(9,10)11/h4-5H2,1-3H3,(H,9,10,11). The molecule has 0 amide bonds. The summed E-state index contributed by atoms with van der Waals surface area (Å²) in [5.41, 5.74) is -0.693. The van der Waals surface area contributed by atoms with E-state index in [-0.39, 0.29) is 0 Å². The highest BCUT2D eigenvalue weighted by Gasteiger charge is 2.23. The van der Waals surface area contributed by atoms with E-state index in [0.29, 0.717) is 6.42 Å². The minimum atomic E-state index is -4.28. The van der Waals surface area contributed by atoms with Gasteiger partial charge in [-0.25, -0.2) is 0 Å². The zero-order valence-corrected chi connectivity index (χ0v) is 8.72. The maximum absolute atomic E-state index is 10.9. The monoisotopic (exact) mass is 210 g/mol. The first-order valence-corrected chi connectivity index (χ1v) is 5.44. The third-order valence-electron chi connectivity index (χ3n) is 1.54. The fraction of sp³-hybridized carbons (Fsp3) is 0.857. The van der Waals surface area contributed by atoms with Crippen molar-refractivity contribution >= 4 is 16.1 Å². The van der Waals surface area contributed by atoms with Gasteiger partial charge in [-0.15, -0.1) is 0 Å². The summed E-state index contributed by atoms with van der Waals surface area (Å²) in [6, 6.07) is 0. The molecule has 0 rings (SSSR count). The predicted octanol–water partition coefficient (Wildman–Crippen LogP) is 0.606. The molecule has 0 fully saturated rings. The maximum Gasteiger partial charge on any atom is 0.324 e. The quantitative estimate of drug-likeness (QED) is 0.543. The lowest BCUT2D eigenvalue weighted by Gasteiger charge is -2.22. The summed E-state index contributed by atoms with van der Waals surface area (Å²) in [4.78, 5) is 10.9. The van der Waals surface area contributed by atoms with Crippen LogP contribution in [0.2, 0.25) is 0 Å². The molecule has 78 valence electrons. The van der Waals surface area contributed by atoms with Gasteiger partial charge in [0.05, 0.1) is 0 Å². The van der Waals surface area contributed by atoms with Gasteiger partial charge >= 0.3 is 5.97 Å². The van der Waals surface area contributed by atoms with Gasteiger partial charge in [0.25, 0.3) is 10.1 Å². The van der Waals surface area contributed by atoms with Gasteiger partial charge in [-0.3, -0.25) is 9.35 Å². The lowest BCUT2D eigenvalue weighted by Crippen LogP contribution is -2.30. The van der Waals surface area contributed by atoms with Crippen LogP contribution in [-0.2, 0) is 19.6 Å². The molecule has 0 aliphatic rings. The van der Waals surface area contributed by atoms with E-state index in [1.54, 1.807) is 20.8 Å². The first-order chi connectivity index (χ1) is 5.66. The lowest BCUT2D eigenvalue weighted by atomic mass is 10.1. The van der Waals surface area contributed by atoms with Crippen molar-refractivity contribution in [3.05, 3.63) is 0 Å². The molecule has 5 nitrogen and oxygen atoms in total. The van der Waals surface area contributed by atoms with Crippen LogP contribution in [0.4, 0.5) is 0 Å². The van der Waals surface area contributed by atoms with Gasteiger partial charge in [-0.2, -0.15) is 8.42 Å². The van der Waals surface area contributed by atoms with Crippen molar-refractivity contribution in [3.8, 4) is 0 Å². The molecule has 0 aromatic carbocycles. The van der Waals surface area contributed by atoms with Gasteiger partial charge in [0.1, 0.15) is 5.60 Å². The highest BCUT2D eigenvalue weighted by Crippen LogP contribution is 2.13. The summed E-state index contributed by atoms with van der Waals surface area (Å²) in [5, 5.41) is 0. The zero-order chi connectivity index (χ0) is 10.7. The number of hydrogen-bond donors (Lipinski definition) is 1. The van der Waals surface area contributed by atoms with Crippen molar-refractivity contribution in [1.82, 2.24) is 0 Å². The molecule has 0 saturated heterocycles. The minimum absolute atomic E-state index is 0.574. The van der Waals surface area contributed by atoms with E-state index in [1.807, 2.05) is 0 Å². The molecular weight excluding hydrogens is 196 g/mol. The van der Waals surface area contributed by atoms with E-state index in [1.165, 1.54) is 0 Å². The van der Waals surface area contributed by atoms with E-state index < -0.39 is 27.4 Å². The van der Waals surface area contributed by atoms with Gasteiger partial charge in [0.2, 0.25) is 0 Å². The Bertz CT molecular complexity index is 277. The summed E-state index contributed by atoms with van der Waals surface area (Å²) in [6.07, 6.45) is 0.574. The van der Waals surface area contributed by atoms with Crippen LogP contribution < -0.4 is 0 Å². The minimum Gasteiger partial charge on any atom is -0.459 e. The van der Waals surface area contributed by atoms with Gasteiger partial charge in [0.15, 0.2) is 5.75 Å². The van der Waals surface area contributed by atoms with Crippen molar-refractivity contribution in [2.75, 3.05) is 5.75 Å². The largest absolute Gasteiger partial charge is 0.459 e. The predicted molar refractivity (Wildman–Crippen MR) is 46.9 cm³/mol. The van der Waals surface area contributed by atoms with Crippen LogP contribution in [0, 0.1) is 0 Å². The molecule has 0 atom stereocenters. The number of hydrogen-bond acceptors (Lipinski definition) is 4. The van der Waals surface area contributed by atoms with Gasteiger partial charge in [0, 0.05) is 0 Å². The second-order valence-corrected chi connectivity index (χ2v) is 4.77. The van der Waals surface area contributed by atoms with Crippen LogP contribution in [0.15, 0.2) is 0 Å². The Kier molecular flexibility index (Phi) is 3.87. The number of rotatable bonds is 4. The Morgan fingerprint density at radius 3 is 2.23 bits per heavy atom. The number of ether oxygens (including phenoxy) is 1. The first-order valence-electron chi connectivity index (χ1n) is 3.83. The number of carbonyl (C=O) groups excluding carboxylic acids is 1. The molecule has 0 aliphatic carbocycles. The number of esters is 1. The number of carbonyl (C=O) groups is 1. The summed E-state index contributed by atoms with van der Waals surface area (Å²) in [5.74, 6) is -1.93. The van der Waals surface area contributed by atoms with Gasteiger partial charge in [-0.05, 0) is 20.3 Å². The average Bonchev–Trinajstić information content (AvgIpc) is 1.81. The molecule has 0 saturated carbocycles. The van der Waals surface area contributed by atoms with Crippen molar-refractivity contribution in [3.63, 3.8) is 0 Å². The smallest absolute Gasteiger partial charge is 0.324 e. The van der Waals surface area contributed by atoms with Crippen LogP contribution in [0.25, 0.3) is 0 Å². The Morgan fingerprint density at radius 2 is 1.92 bits per heavy atom. The van der Waals surface area contributed by atoms with E-state index >= 15 is 0 Å². The van der Waals surface area contributed by atoms with Crippen LogP contribution in [0.5, 0.6) is 0 Å². The van der Waals surface area contributed by atoms with Crippen molar-refractivity contribution in [2.24, 2.45) is 0 Å². The average molecular weight is 210 g/mol. The van der Waals surface area contributed by atoms with Crippen LogP contribution in [0.3, 0.4) is 0 Å². The Labute approximate surface area is 77.8 Å². The molecule has 0 aliphatic heterocycles. The summed E-state index contributed by atoms with van der Waals surface area (Å²) in [7, 11) is -4.28. The second kappa shape index (κ2) is 4.06. The Morgan fingerprint density at radius 1 is 1.46 bits per heavy atom. The highest BCUT2D eigenvalue weighted by atomic mass is 32.2. The van der Waals surface area contributed by atoms with Crippen LogP contribution >= 0.6 is 0 Å². The topological polar surface area (TPSA) is 80.7 Å². The van der Waals surface area contributed by atoms with Crippen molar-refractivity contribution < 1.29 is 22.5 Å². The molecule has 0 aromatic rings. The first kappa shape index (κ1) is 12.4. The fourth-order valence-corrected chi connectivity index (χ4v) is 0.916. The van der Waals surface area contributed by atoms with Crippen LogP contribution in [-0.4, -0.2) is 30.3 Å². The Hall–Kier alpha value is -0.620. The van der Waals surface area contributed by atoms with Gasteiger partial charge < -0.3 is 4.74 Å². The summed E-state index contributed by atoms with van der Waals surface area (Å²) in [6.45, 7) is 5.13. The molecule has 0 spiro atoms. The SMILES string of the molecule is CCC(C)(C)OC(=O)CS(=O)(=O)O. The van der Waals surface area contributed by atoms with Crippen molar-refractivity contribution in [2.45, 2.75) is 32.8 Å². The highest BCUT2D eigenvalue weighted by molar-refractivity contribution is 7.86. The lowest BCUT2D eigenvalue weighted by molar-refractivity contribution is -0.153. The molecule has 0 bridgehead atoms. The maximum atomic E-state index is 10.9. The fourth-order valence-electron chi connectivity index (χ4n) is 0.559. The molecule has 0 heterocycles. The summed E-state index contributed by atoms with van der Waals surface area (Å²) >= 11 is 0. The normalized spacial score (nSPS) is 12.6. The van der Waals surface area contributed by atoms with Crippen LogP contribution in [0.1, 0.15) is 27.2 Å². The second-order valence-electron chi connectivity index (χ2n) is 3.31.